The third kappa shape index (κ3) is 2.91. The van der Waals surface area contributed by atoms with Crippen LogP contribution >= 0.6 is 0 Å². The largest absolute Gasteiger partial charge is 0.480 e. The molecule has 1 aromatic heterocycles. The van der Waals surface area contributed by atoms with Crippen LogP contribution in [0.4, 0.5) is 0 Å². The minimum absolute atomic E-state index is 0.353. The SMILES string of the molecule is CN(C)C1CCN(Cc2ccoc2)C(C(=O)O)C1. The second kappa shape index (κ2) is 5.54. The summed E-state index contributed by atoms with van der Waals surface area (Å²) >= 11 is 0. The summed E-state index contributed by atoms with van der Waals surface area (Å²) in [5.74, 6) is -0.731. The molecule has 0 aliphatic carbocycles. The highest BCUT2D eigenvalue weighted by Gasteiger charge is 2.34. The van der Waals surface area contributed by atoms with Gasteiger partial charge >= 0.3 is 5.97 Å². The van der Waals surface area contributed by atoms with Crippen LogP contribution in [0.3, 0.4) is 0 Å². The monoisotopic (exact) mass is 252 g/mol. The maximum absolute atomic E-state index is 11.4. The van der Waals surface area contributed by atoms with Crippen molar-refractivity contribution in [3.05, 3.63) is 24.2 Å². The molecule has 1 aliphatic rings. The number of nitrogens with zero attached hydrogens (tertiary/aromatic N) is 2. The van der Waals surface area contributed by atoms with E-state index in [0.717, 1.165) is 18.5 Å². The minimum atomic E-state index is -0.731. The average Bonchev–Trinajstić information content (AvgIpc) is 2.81. The van der Waals surface area contributed by atoms with Crippen molar-refractivity contribution in [1.82, 2.24) is 9.80 Å². The maximum atomic E-state index is 11.4. The van der Waals surface area contributed by atoms with Gasteiger partial charge in [0.15, 0.2) is 0 Å². The van der Waals surface area contributed by atoms with Crippen LogP contribution in [-0.4, -0.2) is 53.6 Å². The summed E-state index contributed by atoms with van der Waals surface area (Å²) in [7, 11) is 4.02. The summed E-state index contributed by atoms with van der Waals surface area (Å²) < 4.78 is 5.03. The highest BCUT2D eigenvalue weighted by molar-refractivity contribution is 5.73. The molecule has 1 saturated heterocycles. The Morgan fingerprint density at radius 2 is 2.39 bits per heavy atom. The topological polar surface area (TPSA) is 56.9 Å². The van der Waals surface area contributed by atoms with Crippen molar-refractivity contribution in [2.24, 2.45) is 0 Å². The Morgan fingerprint density at radius 3 is 2.94 bits per heavy atom. The second-order valence-corrected chi connectivity index (χ2v) is 5.10. The van der Waals surface area contributed by atoms with Crippen molar-refractivity contribution in [1.29, 1.82) is 0 Å². The number of carboxylic acids is 1. The van der Waals surface area contributed by atoms with Gasteiger partial charge in [0, 0.05) is 24.7 Å². The summed E-state index contributed by atoms with van der Waals surface area (Å²) in [6.45, 7) is 1.46. The van der Waals surface area contributed by atoms with Gasteiger partial charge in [-0.1, -0.05) is 0 Å². The van der Waals surface area contributed by atoms with Gasteiger partial charge in [-0.15, -0.1) is 0 Å². The van der Waals surface area contributed by atoms with E-state index in [1.165, 1.54) is 0 Å². The fourth-order valence-electron chi connectivity index (χ4n) is 2.53. The number of furan rings is 1. The zero-order valence-corrected chi connectivity index (χ0v) is 10.9. The molecule has 2 atom stereocenters. The van der Waals surface area contributed by atoms with Gasteiger partial charge in [-0.3, -0.25) is 9.69 Å². The number of likely N-dealkylation sites (tertiary alicyclic amines) is 1. The first-order chi connectivity index (χ1) is 8.58. The standard InChI is InChI=1S/C13H20N2O3/c1-14(2)11-3-5-15(12(7-11)13(16)17)8-10-4-6-18-9-10/h4,6,9,11-12H,3,5,7-8H2,1-2H3,(H,16,17). The Bertz CT molecular complexity index is 389. The van der Waals surface area contributed by atoms with E-state index in [2.05, 4.69) is 4.90 Å². The molecule has 1 N–H and O–H groups in total. The molecule has 1 aliphatic heterocycles. The van der Waals surface area contributed by atoms with Crippen molar-refractivity contribution < 1.29 is 14.3 Å². The van der Waals surface area contributed by atoms with Gasteiger partial charge in [0.1, 0.15) is 6.04 Å². The van der Waals surface area contributed by atoms with Crippen LogP contribution in [0.2, 0.25) is 0 Å². The first-order valence-electron chi connectivity index (χ1n) is 6.22. The number of aliphatic carboxylic acids is 1. The van der Waals surface area contributed by atoms with Crippen LogP contribution in [0.5, 0.6) is 0 Å². The molecule has 0 spiro atoms. The van der Waals surface area contributed by atoms with Crippen LogP contribution in [0.15, 0.2) is 23.0 Å². The lowest BCUT2D eigenvalue weighted by Gasteiger charge is -2.39. The normalized spacial score (nSPS) is 25.5. The lowest BCUT2D eigenvalue weighted by molar-refractivity contribution is -0.145. The van der Waals surface area contributed by atoms with E-state index in [4.69, 9.17) is 4.42 Å². The van der Waals surface area contributed by atoms with Crippen LogP contribution in [0.25, 0.3) is 0 Å². The molecular weight excluding hydrogens is 232 g/mol. The number of piperidine rings is 1. The molecule has 5 nitrogen and oxygen atoms in total. The maximum Gasteiger partial charge on any atom is 0.320 e. The van der Waals surface area contributed by atoms with Crippen molar-refractivity contribution in [3.63, 3.8) is 0 Å². The van der Waals surface area contributed by atoms with Crippen LogP contribution < -0.4 is 0 Å². The molecule has 0 amide bonds. The quantitative estimate of drug-likeness (QED) is 0.874. The smallest absolute Gasteiger partial charge is 0.320 e. The van der Waals surface area contributed by atoms with Gasteiger partial charge in [-0.05, 0) is 33.0 Å². The zero-order valence-electron chi connectivity index (χ0n) is 10.9. The third-order valence-corrected chi connectivity index (χ3v) is 3.67. The van der Waals surface area contributed by atoms with Crippen LogP contribution in [0.1, 0.15) is 18.4 Å². The first-order valence-corrected chi connectivity index (χ1v) is 6.22. The van der Waals surface area contributed by atoms with Gasteiger partial charge in [0.05, 0.1) is 12.5 Å². The minimum Gasteiger partial charge on any atom is -0.480 e. The molecule has 2 unspecified atom stereocenters. The Balaban J connectivity index is 2.03. The fraction of sp³-hybridized carbons (Fsp3) is 0.615. The Labute approximate surface area is 107 Å². The number of hydrogen-bond acceptors (Lipinski definition) is 4. The van der Waals surface area contributed by atoms with Crippen molar-refractivity contribution in [2.45, 2.75) is 31.5 Å². The lowest BCUT2D eigenvalue weighted by atomic mass is 9.96. The van der Waals surface area contributed by atoms with Crippen LogP contribution in [0, 0.1) is 0 Å². The van der Waals surface area contributed by atoms with E-state index in [-0.39, 0.29) is 0 Å². The first kappa shape index (κ1) is 13.1. The van der Waals surface area contributed by atoms with E-state index in [0.29, 0.717) is 19.0 Å². The Hall–Kier alpha value is -1.33. The molecule has 0 bridgehead atoms. The molecule has 2 heterocycles. The molecule has 0 aromatic carbocycles. The van der Waals surface area contributed by atoms with Gasteiger partial charge in [0.2, 0.25) is 0 Å². The Kier molecular flexibility index (Phi) is 4.04. The molecule has 2 rings (SSSR count). The third-order valence-electron chi connectivity index (χ3n) is 3.67. The summed E-state index contributed by atoms with van der Waals surface area (Å²) in [4.78, 5) is 15.5. The van der Waals surface area contributed by atoms with E-state index in [1.54, 1.807) is 12.5 Å². The van der Waals surface area contributed by atoms with Gasteiger partial charge in [-0.25, -0.2) is 0 Å². The highest BCUT2D eigenvalue weighted by Crippen LogP contribution is 2.22. The molecule has 100 valence electrons. The number of carbonyl (C=O) groups is 1. The molecule has 18 heavy (non-hydrogen) atoms. The second-order valence-electron chi connectivity index (χ2n) is 5.10. The average molecular weight is 252 g/mol. The molecule has 1 fully saturated rings. The summed E-state index contributed by atoms with van der Waals surface area (Å²) in [5, 5.41) is 9.35. The van der Waals surface area contributed by atoms with Crippen molar-refractivity contribution in [2.75, 3.05) is 20.6 Å². The number of hydrogen-bond donors (Lipinski definition) is 1. The number of carboxylic acid groups (broad SMARTS) is 1. The van der Waals surface area contributed by atoms with Gasteiger partial charge < -0.3 is 14.4 Å². The molecule has 0 radical (unpaired) electrons. The van der Waals surface area contributed by atoms with Gasteiger partial charge in [-0.2, -0.15) is 0 Å². The summed E-state index contributed by atoms with van der Waals surface area (Å²) in [5.41, 5.74) is 1.03. The molecule has 5 heteroatoms. The summed E-state index contributed by atoms with van der Waals surface area (Å²) in [6.07, 6.45) is 4.99. The van der Waals surface area contributed by atoms with E-state index < -0.39 is 12.0 Å². The zero-order chi connectivity index (χ0) is 13.1. The molecule has 1 aromatic rings. The van der Waals surface area contributed by atoms with E-state index in [9.17, 15) is 9.90 Å². The van der Waals surface area contributed by atoms with Crippen LogP contribution in [-0.2, 0) is 11.3 Å². The lowest BCUT2D eigenvalue weighted by Crippen LogP contribution is -2.51. The predicted octanol–water partition coefficient (Wildman–Crippen LogP) is 1.26. The fourth-order valence-corrected chi connectivity index (χ4v) is 2.53. The Morgan fingerprint density at radius 1 is 1.61 bits per heavy atom. The molecular formula is C13H20N2O3. The van der Waals surface area contributed by atoms with E-state index in [1.807, 2.05) is 25.1 Å². The van der Waals surface area contributed by atoms with Crippen molar-refractivity contribution in [3.8, 4) is 0 Å². The van der Waals surface area contributed by atoms with Gasteiger partial charge in [0.25, 0.3) is 0 Å². The summed E-state index contributed by atoms with van der Waals surface area (Å²) in [6, 6.07) is 1.84. The highest BCUT2D eigenvalue weighted by atomic mass is 16.4. The number of rotatable bonds is 4. The molecule has 0 saturated carbocycles. The predicted molar refractivity (Wildman–Crippen MR) is 67.3 cm³/mol. The van der Waals surface area contributed by atoms with Crippen molar-refractivity contribution >= 4 is 5.97 Å². The van der Waals surface area contributed by atoms with E-state index >= 15 is 0 Å².